The van der Waals surface area contributed by atoms with E-state index in [1.54, 1.807) is 0 Å². The van der Waals surface area contributed by atoms with Crippen LogP contribution in [0.4, 0.5) is 5.88 Å². The molecule has 2 aromatic rings. The van der Waals surface area contributed by atoms with Crippen molar-refractivity contribution in [1.29, 1.82) is 5.26 Å². The predicted molar refractivity (Wildman–Crippen MR) is 70.9 cm³/mol. The van der Waals surface area contributed by atoms with Crippen LogP contribution >= 0.6 is 0 Å². The van der Waals surface area contributed by atoms with Gasteiger partial charge in [0.15, 0.2) is 6.61 Å². The highest BCUT2D eigenvalue weighted by Gasteiger charge is 2.12. The van der Waals surface area contributed by atoms with Gasteiger partial charge in [-0.25, -0.2) is 0 Å². The number of nitrogens with zero attached hydrogens (tertiary/aromatic N) is 2. The Bertz CT molecular complexity index is 599. The summed E-state index contributed by atoms with van der Waals surface area (Å²) in [5.41, 5.74) is 1.30. The molecule has 0 atom stereocenters. The third kappa shape index (κ3) is 3.05. The van der Waals surface area contributed by atoms with Crippen molar-refractivity contribution in [2.45, 2.75) is 20.5 Å². The molecule has 5 heteroatoms. The van der Waals surface area contributed by atoms with Crippen molar-refractivity contribution in [2.75, 3.05) is 11.9 Å². The zero-order valence-electron chi connectivity index (χ0n) is 10.9. The summed E-state index contributed by atoms with van der Waals surface area (Å²) in [6.07, 6.45) is 0. The largest absolute Gasteiger partial charge is 0.484 e. The van der Waals surface area contributed by atoms with Crippen LogP contribution in [0, 0.1) is 18.3 Å². The normalized spacial score (nSPS) is 9.95. The zero-order valence-corrected chi connectivity index (χ0v) is 10.9. The fourth-order valence-corrected chi connectivity index (χ4v) is 1.64. The lowest BCUT2D eigenvalue weighted by atomic mass is 10.2. The van der Waals surface area contributed by atoms with Crippen LogP contribution in [0.1, 0.15) is 24.1 Å². The molecule has 0 amide bonds. The monoisotopic (exact) mass is 257 g/mol. The Hall–Kier alpha value is -2.48. The molecule has 0 aliphatic heterocycles. The number of benzene rings is 1. The molecule has 1 heterocycles. The molecule has 2 rings (SSSR count). The molecular formula is C14H15N3O2. The molecule has 0 spiro atoms. The Labute approximate surface area is 111 Å². The van der Waals surface area contributed by atoms with Crippen molar-refractivity contribution in [2.24, 2.45) is 0 Å². The van der Waals surface area contributed by atoms with Crippen LogP contribution in [-0.2, 0) is 6.61 Å². The average Bonchev–Trinajstić information content (AvgIpc) is 2.81. The van der Waals surface area contributed by atoms with E-state index in [0.717, 1.165) is 11.3 Å². The first-order chi connectivity index (χ1) is 9.24. The number of para-hydroxylation sites is 1. The molecule has 1 N–H and O–H groups in total. The number of nitriles is 1. The fourth-order valence-electron chi connectivity index (χ4n) is 1.64. The summed E-state index contributed by atoms with van der Waals surface area (Å²) in [5.74, 6) is 1.56. The Morgan fingerprint density at radius 1 is 1.42 bits per heavy atom. The van der Waals surface area contributed by atoms with E-state index < -0.39 is 0 Å². The summed E-state index contributed by atoms with van der Waals surface area (Å²) < 4.78 is 11.1. The topological polar surface area (TPSA) is 71.1 Å². The second-order valence-electron chi connectivity index (χ2n) is 3.98. The van der Waals surface area contributed by atoms with Gasteiger partial charge in [0.1, 0.15) is 11.8 Å². The Balaban J connectivity index is 2.08. The van der Waals surface area contributed by atoms with Gasteiger partial charge in [0.25, 0.3) is 0 Å². The van der Waals surface area contributed by atoms with Gasteiger partial charge in [-0.3, -0.25) is 0 Å². The van der Waals surface area contributed by atoms with Crippen LogP contribution in [0.25, 0.3) is 0 Å². The van der Waals surface area contributed by atoms with Gasteiger partial charge in [-0.15, -0.1) is 0 Å². The lowest BCUT2D eigenvalue weighted by Crippen LogP contribution is -1.97. The molecule has 0 saturated heterocycles. The van der Waals surface area contributed by atoms with Gasteiger partial charge in [-0.05, 0) is 25.5 Å². The predicted octanol–water partition coefficient (Wildman–Crippen LogP) is 2.87. The molecule has 0 aliphatic rings. The van der Waals surface area contributed by atoms with Gasteiger partial charge in [-0.2, -0.15) is 10.2 Å². The third-order valence-corrected chi connectivity index (χ3v) is 2.56. The van der Waals surface area contributed by atoms with Gasteiger partial charge in [-0.1, -0.05) is 18.2 Å². The summed E-state index contributed by atoms with van der Waals surface area (Å²) in [7, 11) is 0. The van der Waals surface area contributed by atoms with Gasteiger partial charge in [0, 0.05) is 6.54 Å². The molecule has 0 radical (unpaired) electrons. The van der Waals surface area contributed by atoms with Crippen LogP contribution in [0.2, 0.25) is 0 Å². The Morgan fingerprint density at radius 3 is 2.89 bits per heavy atom. The van der Waals surface area contributed by atoms with Crippen LogP contribution in [-0.4, -0.2) is 11.5 Å². The average molecular weight is 257 g/mol. The number of rotatable bonds is 5. The van der Waals surface area contributed by atoms with Crippen molar-refractivity contribution in [3.63, 3.8) is 0 Å². The molecule has 19 heavy (non-hydrogen) atoms. The second-order valence-corrected chi connectivity index (χ2v) is 3.98. The smallest absolute Gasteiger partial charge is 0.236 e. The van der Waals surface area contributed by atoms with Crippen LogP contribution in [0.15, 0.2) is 28.7 Å². The van der Waals surface area contributed by atoms with E-state index in [1.807, 2.05) is 44.2 Å². The molecule has 98 valence electrons. The van der Waals surface area contributed by atoms with E-state index >= 15 is 0 Å². The summed E-state index contributed by atoms with van der Waals surface area (Å²) >= 11 is 0. The summed E-state index contributed by atoms with van der Waals surface area (Å²) in [5, 5.41) is 11.9. The van der Waals surface area contributed by atoms with Crippen molar-refractivity contribution in [1.82, 2.24) is 4.98 Å². The minimum absolute atomic E-state index is 0.199. The van der Waals surface area contributed by atoms with Crippen molar-refractivity contribution in [3.05, 3.63) is 41.4 Å². The molecule has 5 nitrogen and oxygen atoms in total. The fraction of sp³-hybridized carbons (Fsp3) is 0.286. The molecule has 0 aliphatic carbocycles. The van der Waals surface area contributed by atoms with Crippen LogP contribution in [0.5, 0.6) is 5.75 Å². The first-order valence-corrected chi connectivity index (χ1v) is 6.06. The highest BCUT2D eigenvalue weighted by Crippen LogP contribution is 2.20. The number of hydrogen-bond acceptors (Lipinski definition) is 5. The summed E-state index contributed by atoms with van der Waals surface area (Å²) in [6.45, 7) is 4.76. The van der Waals surface area contributed by atoms with E-state index in [4.69, 9.17) is 14.4 Å². The molecule has 0 unspecified atom stereocenters. The summed E-state index contributed by atoms with van der Waals surface area (Å²) in [6, 6.07) is 9.69. The number of aryl methyl sites for hydroxylation is 1. The Kier molecular flexibility index (Phi) is 4.04. The first-order valence-electron chi connectivity index (χ1n) is 6.06. The quantitative estimate of drug-likeness (QED) is 0.891. The standard InChI is InChI=1S/C14H15N3O2/c1-3-16-14-11(8-15)17-13(19-14)9-18-12-7-5-4-6-10(12)2/h4-7,16H,3,9H2,1-2H3. The van der Waals surface area contributed by atoms with E-state index in [1.165, 1.54) is 0 Å². The number of ether oxygens (including phenoxy) is 1. The van der Waals surface area contributed by atoms with E-state index in [2.05, 4.69) is 10.3 Å². The SMILES string of the molecule is CCNc1oc(COc2ccccc2C)nc1C#N. The minimum atomic E-state index is 0.199. The van der Waals surface area contributed by atoms with Gasteiger partial charge in [0.2, 0.25) is 17.5 Å². The Morgan fingerprint density at radius 2 is 2.21 bits per heavy atom. The number of oxazole rings is 1. The number of anilines is 1. The number of nitrogens with one attached hydrogen (secondary N) is 1. The maximum atomic E-state index is 8.93. The first kappa shape index (κ1) is 13.0. The van der Waals surface area contributed by atoms with E-state index in [9.17, 15) is 0 Å². The van der Waals surface area contributed by atoms with Gasteiger partial charge >= 0.3 is 0 Å². The van der Waals surface area contributed by atoms with Crippen LogP contribution in [0.3, 0.4) is 0 Å². The summed E-state index contributed by atoms with van der Waals surface area (Å²) in [4.78, 5) is 4.08. The lowest BCUT2D eigenvalue weighted by molar-refractivity contribution is 0.263. The van der Waals surface area contributed by atoms with Crippen molar-refractivity contribution >= 4 is 5.88 Å². The van der Waals surface area contributed by atoms with Crippen LogP contribution < -0.4 is 10.1 Å². The molecule has 0 fully saturated rings. The highest BCUT2D eigenvalue weighted by molar-refractivity contribution is 5.45. The molecule has 0 saturated carbocycles. The van der Waals surface area contributed by atoms with E-state index in [0.29, 0.717) is 18.3 Å². The maximum absolute atomic E-state index is 8.93. The van der Waals surface area contributed by atoms with Gasteiger partial charge in [0.05, 0.1) is 0 Å². The number of hydrogen-bond donors (Lipinski definition) is 1. The number of aromatic nitrogens is 1. The highest BCUT2D eigenvalue weighted by atomic mass is 16.5. The second kappa shape index (κ2) is 5.91. The van der Waals surface area contributed by atoms with E-state index in [-0.39, 0.29) is 12.3 Å². The molecular weight excluding hydrogens is 242 g/mol. The van der Waals surface area contributed by atoms with Crippen molar-refractivity contribution in [3.8, 4) is 11.8 Å². The third-order valence-electron chi connectivity index (χ3n) is 2.56. The zero-order chi connectivity index (χ0) is 13.7. The molecule has 1 aromatic carbocycles. The molecule has 0 bridgehead atoms. The maximum Gasteiger partial charge on any atom is 0.236 e. The van der Waals surface area contributed by atoms with Gasteiger partial charge < -0.3 is 14.5 Å². The lowest BCUT2D eigenvalue weighted by Gasteiger charge is -2.06. The van der Waals surface area contributed by atoms with Crippen molar-refractivity contribution < 1.29 is 9.15 Å². The minimum Gasteiger partial charge on any atom is -0.484 e. The molecule has 1 aromatic heterocycles.